The van der Waals surface area contributed by atoms with Crippen LogP contribution in [0.4, 0.5) is 0 Å². The molecule has 1 atom stereocenters. The SMILES string of the molecule is O=C(O)[C@@H]1CCCN(C(=O)c2cnc3ccccn3c2=O)C1. The number of aliphatic carboxylic acids is 1. The molecule has 0 unspecified atom stereocenters. The lowest BCUT2D eigenvalue weighted by atomic mass is 9.98. The van der Waals surface area contributed by atoms with Crippen LogP contribution in [0.1, 0.15) is 23.2 Å². The van der Waals surface area contributed by atoms with Crippen molar-refractivity contribution in [1.29, 1.82) is 0 Å². The van der Waals surface area contributed by atoms with Crippen LogP contribution in [-0.2, 0) is 4.79 Å². The van der Waals surface area contributed by atoms with Crippen molar-refractivity contribution in [2.75, 3.05) is 13.1 Å². The Balaban J connectivity index is 1.94. The monoisotopic (exact) mass is 301 g/mol. The minimum absolute atomic E-state index is 0.0326. The van der Waals surface area contributed by atoms with Gasteiger partial charge in [0, 0.05) is 25.5 Å². The molecule has 1 fully saturated rings. The topological polar surface area (TPSA) is 92.0 Å². The summed E-state index contributed by atoms with van der Waals surface area (Å²) < 4.78 is 1.31. The third-order valence-electron chi connectivity index (χ3n) is 3.90. The lowest BCUT2D eigenvalue weighted by Gasteiger charge is -2.30. The van der Waals surface area contributed by atoms with Gasteiger partial charge in [-0.05, 0) is 25.0 Å². The molecule has 3 heterocycles. The Bertz CT molecular complexity index is 799. The Morgan fingerprint density at radius 1 is 1.32 bits per heavy atom. The molecule has 1 saturated heterocycles. The van der Waals surface area contributed by atoms with Crippen LogP contribution in [0.25, 0.3) is 5.65 Å². The molecule has 1 amide bonds. The molecule has 0 spiro atoms. The van der Waals surface area contributed by atoms with E-state index in [4.69, 9.17) is 5.11 Å². The first-order valence-electron chi connectivity index (χ1n) is 7.06. The summed E-state index contributed by atoms with van der Waals surface area (Å²) in [7, 11) is 0. The lowest BCUT2D eigenvalue weighted by molar-refractivity contribution is -0.143. The molecule has 0 saturated carbocycles. The third kappa shape index (κ3) is 2.45. The molecule has 22 heavy (non-hydrogen) atoms. The number of piperidine rings is 1. The molecule has 2 aromatic heterocycles. The van der Waals surface area contributed by atoms with Gasteiger partial charge in [0.2, 0.25) is 0 Å². The van der Waals surface area contributed by atoms with Crippen molar-refractivity contribution in [1.82, 2.24) is 14.3 Å². The number of nitrogens with zero attached hydrogens (tertiary/aromatic N) is 3. The molecule has 0 aliphatic carbocycles. The predicted molar refractivity (Wildman–Crippen MR) is 77.7 cm³/mol. The summed E-state index contributed by atoms with van der Waals surface area (Å²) >= 11 is 0. The number of pyridine rings is 1. The lowest BCUT2D eigenvalue weighted by Crippen LogP contribution is -2.44. The Labute approximate surface area is 125 Å². The maximum Gasteiger partial charge on any atom is 0.308 e. The van der Waals surface area contributed by atoms with E-state index in [1.807, 2.05) is 0 Å². The molecule has 1 aliphatic heterocycles. The van der Waals surface area contributed by atoms with E-state index in [-0.39, 0.29) is 12.1 Å². The van der Waals surface area contributed by atoms with Crippen molar-refractivity contribution in [3.8, 4) is 0 Å². The van der Waals surface area contributed by atoms with Crippen molar-refractivity contribution >= 4 is 17.5 Å². The first kappa shape index (κ1) is 14.2. The number of carboxylic acids is 1. The number of rotatable bonds is 2. The zero-order valence-corrected chi connectivity index (χ0v) is 11.8. The van der Waals surface area contributed by atoms with Gasteiger partial charge in [-0.15, -0.1) is 0 Å². The highest BCUT2D eigenvalue weighted by molar-refractivity contribution is 5.94. The van der Waals surface area contributed by atoms with Gasteiger partial charge in [0.25, 0.3) is 11.5 Å². The summed E-state index contributed by atoms with van der Waals surface area (Å²) in [6.07, 6.45) is 3.99. The summed E-state index contributed by atoms with van der Waals surface area (Å²) in [5.74, 6) is -1.94. The van der Waals surface area contributed by atoms with E-state index in [9.17, 15) is 14.4 Å². The average molecular weight is 301 g/mol. The van der Waals surface area contributed by atoms with Crippen molar-refractivity contribution in [2.45, 2.75) is 12.8 Å². The van der Waals surface area contributed by atoms with Crippen LogP contribution in [0.5, 0.6) is 0 Å². The fourth-order valence-electron chi connectivity index (χ4n) is 2.71. The van der Waals surface area contributed by atoms with Crippen LogP contribution >= 0.6 is 0 Å². The van der Waals surface area contributed by atoms with Crippen LogP contribution < -0.4 is 5.56 Å². The summed E-state index contributed by atoms with van der Waals surface area (Å²) in [6.45, 7) is 0.588. The van der Waals surface area contributed by atoms with Gasteiger partial charge in [0.1, 0.15) is 11.2 Å². The van der Waals surface area contributed by atoms with E-state index < -0.39 is 23.4 Å². The van der Waals surface area contributed by atoms with Crippen LogP contribution in [0.15, 0.2) is 35.4 Å². The van der Waals surface area contributed by atoms with E-state index in [0.29, 0.717) is 25.0 Å². The van der Waals surface area contributed by atoms with Gasteiger partial charge in [-0.1, -0.05) is 6.07 Å². The number of likely N-dealkylation sites (tertiary alicyclic amines) is 1. The fraction of sp³-hybridized carbons (Fsp3) is 0.333. The maximum absolute atomic E-state index is 12.5. The van der Waals surface area contributed by atoms with E-state index in [0.717, 1.165) is 0 Å². The molecule has 7 nitrogen and oxygen atoms in total. The minimum atomic E-state index is -0.911. The molecule has 114 valence electrons. The molecule has 2 aromatic rings. The van der Waals surface area contributed by atoms with E-state index in [1.54, 1.807) is 24.4 Å². The van der Waals surface area contributed by atoms with Gasteiger partial charge in [0.15, 0.2) is 0 Å². The summed E-state index contributed by atoms with van der Waals surface area (Å²) in [4.78, 5) is 41.5. The number of amides is 1. The molecular weight excluding hydrogens is 286 g/mol. The maximum atomic E-state index is 12.5. The van der Waals surface area contributed by atoms with E-state index >= 15 is 0 Å². The molecule has 1 aliphatic rings. The smallest absolute Gasteiger partial charge is 0.308 e. The van der Waals surface area contributed by atoms with Crippen molar-refractivity contribution < 1.29 is 14.7 Å². The highest BCUT2D eigenvalue weighted by Crippen LogP contribution is 2.18. The van der Waals surface area contributed by atoms with Crippen LogP contribution in [0.2, 0.25) is 0 Å². The molecule has 0 aromatic carbocycles. The Hall–Kier alpha value is -2.70. The molecular formula is C15H15N3O4. The molecule has 3 rings (SSSR count). The second-order valence-electron chi connectivity index (χ2n) is 5.33. The van der Waals surface area contributed by atoms with Crippen molar-refractivity contribution in [2.24, 2.45) is 5.92 Å². The average Bonchev–Trinajstić information content (AvgIpc) is 2.55. The zero-order chi connectivity index (χ0) is 15.7. The molecule has 0 radical (unpaired) electrons. The normalized spacial score (nSPS) is 18.4. The van der Waals surface area contributed by atoms with E-state index in [2.05, 4.69) is 4.98 Å². The van der Waals surface area contributed by atoms with Gasteiger partial charge >= 0.3 is 5.97 Å². The third-order valence-corrected chi connectivity index (χ3v) is 3.90. The van der Waals surface area contributed by atoms with Crippen LogP contribution in [-0.4, -0.2) is 44.4 Å². The van der Waals surface area contributed by atoms with Gasteiger partial charge < -0.3 is 10.0 Å². The summed E-state index contributed by atoms with van der Waals surface area (Å²) in [5.41, 5.74) is -0.00565. The van der Waals surface area contributed by atoms with E-state index in [1.165, 1.54) is 15.5 Å². The highest BCUT2D eigenvalue weighted by atomic mass is 16.4. The number of aromatic nitrogens is 2. The predicted octanol–water partition coefficient (Wildman–Crippen LogP) is 0.631. The number of carboxylic acid groups (broad SMARTS) is 1. The Morgan fingerprint density at radius 2 is 2.14 bits per heavy atom. The number of carbonyl (C=O) groups excluding carboxylic acids is 1. The standard InChI is InChI=1S/C15H15N3O4/c19-13(17-6-3-4-10(9-17)15(21)22)11-8-16-12-5-1-2-7-18(12)14(11)20/h1-2,5,7-8,10H,3-4,6,9H2,(H,21,22)/t10-/m1/s1. The largest absolute Gasteiger partial charge is 0.481 e. The van der Waals surface area contributed by atoms with Gasteiger partial charge in [-0.25, -0.2) is 4.98 Å². The van der Waals surface area contributed by atoms with Gasteiger partial charge in [-0.2, -0.15) is 0 Å². The number of hydrogen-bond donors (Lipinski definition) is 1. The number of fused-ring (bicyclic) bond motifs is 1. The second kappa shape index (κ2) is 5.59. The van der Waals surface area contributed by atoms with Crippen LogP contribution in [0, 0.1) is 5.92 Å². The zero-order valence-electron chi connectivity index (χ0n) is 11.8. The Kier molecular flexibility index (Phi) is 3.62. The van der Waals surface area contributed by atoms with Gasteiger partial charge in [0.05, 0.1) is 5.92 Å². The minimum Gasteiger partial charge on any atom is -0.481 e. The van der Waals surface area contributed by atoms with Crippen LogP contribution in [0.3, 0.4) is 0 Å². The molecule has 1 N–H and O–H groups in total. The fourth-order valence-corrected chi connectivity index (χ4v) is 2.71. The number of carbonyl (C=O) groups is 2. The summed E-state index contributed by atoms with van der Waals surface area (Å²) in [5, 5.41) is 9.09. The molecule has 0 bridgehead atoms. The van der Waals surface area contributed by atoms with Gasteiger partial charge in [-0.3, -0.25) is 18.8 Å². The first-order chi connectivity index (χ1) is 10.6. The quantitative estimate of drug-likeness (QED) is 0.878. The second-order valence-corrected chi connectivity index (χ2v) is 5.33. The highest BCUT2D eigenvalue weighted by Gasteiger charge is 2.29. The van der Waals surface area contributed by atoms with Crippen molar-refractivity contribution in [3.05, 3.63) is 46.5 Å². The van der Waals surface area contributed by atoms with Crippen molar-refractivity contribution in [3.63, 3.8) is 0 Å². The molecule has 7 heteroatoms. The Morgan fingerprint density at radius 3 is 2.91 bits per heavy atom. The number of hydrogen-bond acceptors (Lipinski definition) is 4. The first-order valence-corrected chi connectivity index (χ1v) is 7.06. The summed E-state index contributed by atoms with van der Waals surface area (Å²) in [6, 6.07) is 5.12.